The Morgan fingerprint density at radius 3 is 2.83 bits per heavy atom. The van der Waals surface area contributed by atoms with Crippen molar-refractivity contribution in [2.24, 2.45) is 10.9 Å². The zero-order valence-electron chi connectivity index (χ0n) is 17.6. The molecular weight excluding hydrogens is 501 g/mol. The third-order valence-corrected chi connectivity index (χ3v) is 5.52. The van der Waals surface area contributed by atoms with Gasteiger partial charge in [0.15, 0.2) is 5.96 Å². The average Bonchev–Trinajstić information content (AvgIpc) is 3.16. The van der Waals surface area contributed by atoms with Gasteiger partial charge in [0.2, 0.25) is 0 Å². The molecule has 164 valence electrons. The summed E-state index contributed by atoms with van der Waals surface area (Å²) < 4.78 is 5.43. The lowest BCUT2D eigenvalue weighted by molar-refractivity contribution is 0.0323. The first-order chi connectivity index (χ1) is 13.6. The Morgan fingerprint density at radius 2 is 2.10 bits per heavy atom. The average molecular weight is 536 g/mol. The fraction of sp³-hybridized carbons (Fsp3) is 0.667. The van der Waals surface area contributed by atoms with Gasteiger partial charge in [-0.05, 0) is 37.5 Å². The molecule has 2 aliphatic rings. The van der Waals surface area contributed by atoms with Crippen LogP contribution in [0.4, 0.5) is 5.69 Å². The molecule has 0 aliphatic carbocycles. The highest BCUT2D eigenvalue weighted by molar-refractivity contribution is 14.0. The summed E-state index contributed by atoms with van der Waals surface area (Å²) in [6.45, 7) is 12.9. The van der Waals surface area contributed by atoms with Gasteiger partial charge in [-0.15, -0.1) is 24.0 Å². The van der Waals surface area contributed by atoms with Gasteiger partial charge in [-0.3, -0.25) is 9.89 Å². The molecule has 2 N–H and O–H groups in total. The van der Waals surface area contributed by atoms with E-state index >= 15 is 0 Å². The van der Waals surface area contributed by atoms with Crippen LogP contribution in [0, 0.1) is 5.92 Å². The van der Waals surface area contributed by atoms with Gasteiger partial charge in [0.25, 0.3) is 0 Å². The number of benzene rings is 1. The van der Waals surface area contributed by atoms with E-state index in [4.69, 9.17) is 21.3 Å². The Morgan fingerprint density at radius 1 is 1.31 bits per heavy atom. The number of nitrogens with one attached hydrogen (secondary N) is 2. The zero-order valence-corrected chi connectivity index (χ0v) is 20.7. The van der Waals surface area contributed by atoms with Crippen molar-refractivity contribution in [2.45, 2.75) is 26.3 Å². The molecule has 2 aliphatic heterocycles. The third-order valence-electron chi connectivity index (χ3n) is 5.28. The minimum Gasteiger partial charge on any atom is -0.379 e. The predicted octanol–water partition coefficient (Wildman–Crippen LogP) is 3.06. The lowest BCUT2D eigenvalue weighted by Crippen LogP contribution is -2.45. The second-order valence-corrected chi connectivity index (χ2v) is 8.23. The molecule has 3 rings (SSSR count). The Hall–Kier alpha value is -0.770. The number of morpholine rings is 1. The van der Waals surface area contributed by atoms with Crippen LogP contribution in [-0.2, 0) is 4.74 Å². The van der Waals surface area contributed by atoms with E-state index in [9.17, 15) is 0 Å². The van der Waals surface area contributed by atoms with Gasteiger partial charge in [-0.2, -0.15) is 0 Å². The molecule has 2 atom stereocenters. The number of hydrogen-bond donors (Lipinski definition) is 2. The van der Waals surface area contributed by atoms with Crippen LogP contribution in [0.25, 0.3) is 0 Å². The summed E-state index contributed by atoms with van der Waals surface area (Å²) in [7, 11) is 0. The lowest BCUT2D eigenvalue weighted by Gasteiger charge is -2.28. The van der Waals surface area contributed by atoms with Gasteiger partial charge < -0.3 is 20.3 Å². The largest absolute Gasteiger partial charge is 0.379 e. The van der Waals surface area contributed by atoms with Crippen molar-refractivity contribution in [3.8, 4) is 0 Å². The molecule has 0 radical (unpaired) electrons. The summed E-state index contributed by atoms with van der Waals surface area (Å²) in [5.74, 6) is 1.45. The van der Waals surface area contributed by atoms with Crippen LogP contribution >= 0.6 is 35.6 Å². The van der Waals surface area contributed by atoms with Crippen LogP contribution < -0.4 is 15.5 Å². The Kier molecular flexibility index (Phi) is 10.8. The molecule has 6 nitrogen and oxygen atoms in total. The fourth-order valence-corrected chi connectivity index (χ4v) is 4.01. The number of hydrogen-bond acceptors (Lipinski definition) is 4. The van der Waals surface area contributed by atoms with Crippen LogP contribution in [0.5, 0.6) is 0 Å². The van der Waals surface area contributed by atoms with Gasteiger partial charge in [-0.25, -0.2) is 0 Å². The van der Waals surface area contributed by atoms with Gasteiger partial charge in [0, 0.05) is 62.6 Å². The van der Waals surface area contributed by atoms with Crippen LogP contribution in [0.15, 0.2) is 29.3 Å². The minimum atomic E-state index is 0. The first-order valence-corrected chi connectivity index (χ1v) is 10.9. The molecule has 0 saturated carbocycles. The molecule has 0 bridgehead atoms. The van der Waals surface area contributed by atoms with E-state index in [1.165, 1.54) is 5.69 Å². The number of halogens is 2. The molecule has 1 aromatic carbocycles. The first kappa shape index (κ1) is 24.5. The van der Waals surface area contributed by atoms with E-state index in [0.717, 1.165) is 76.4 Å². The highest BCUT2D eigenvalue weighted by Gasteiger charge is 2.23. The monoisotopic (exact) mass is 535 g/mol. The number of aliphatic imine (C=N–C) groups is 1. The van der Waals surface area contributed by atoms with Gasteiger partial charge in [-0.1, -0.05) is 24.6 Å². The van der Waals surface area contributed by atoms with E-state index < -0.39 is 0 Å². The van der Waals surface area contributed by atoms with Gasteiger partial charge in [0.1, 0.15) is 0 Å². The molecule has 2 heterocycles. The van der Waals surface area contributed by atoms with E-state index in [-0.39, 0.29) is 24.0 Å². The highest BCUT2D eigenvalue weighted by atomic mass is 127. The van der Waals surface area contributed by atoms with Crippen molar-refractivity contribution in [1.82, 2.24) is 15.5 Å². The van der Waals surface area contributed by atoms with Crippen LogP contribution in [-0.4, -0.2) is 75.9 Å². The molecule has 8 heteroatoms. The molecule has 29 heavy (non-hydrogen) atoms. The molecule has 0 aromatic heterocycles. The summed E-state index contributed by atoms with van der Waals surface area (Å²) in [5, 5.41) is 7.81. The summed E-state index contributed by atoms with van der Waals surface area (Å²) in [6.07, 6.45) is 1.10. The smallest absolute Gasteiger partial charge is 0.191 e. The van der Waals surface area contributed by atoms with E-state index in [1.54, 1.807) is 0 Å². The Bertz CT molecular complexity index is 641. The number of guanidine groups is 1. The topological polar surface area (TPSA) is 52.1 Å². The van der Waals surface area contributed by atoms with Crippen LogP contribution in [0.2, 0.25) is 5.02 Å². The molecule has 2 unspecified atom stereocenters. The van der Waals surface area contributed by atoms with Crippen molar-refractivity contribution in [2.75, 3.05) is 63.9 Å². The number of anilines is 1. The standard InChI is InChI=1S/C21H34ClN5O.HI/c1-3-23-21(24-14-17(2)15-26-9-11-28-12-10-26)25-19-7-8-27(16-19)20-6-4-5-18(22)13-20;/h4-6,13,17,19H,3,7-12,14-16H2,1-2H3,(H2,23,24,25);1H. The van der Waals surface area contributed by atoms with Gasteiger partial charge in [0.05, 0.1) is 13.2 Å². The summed E-state index contributed by atoms with van der Waals surface area (Å²) in [4.78, 5) is 9.71. The molecule has 0 amide bonds. The van der Waals surface area contributed by atoms with E-state index in [0.29, 0.717) is 12.0 Å². The molecule has 0 spiro atoms. The summed E-state index contributed by atoms with van der Waals surface area (Å²) in [5.41, 5.74) is 1.19. The zero-order chi connectivity index (χ0) is 19.8. The van der Waals surface area contributed by atoms with Crippen molar-refractivity contribution >= 4 is 47.2 Å². The van der Waals surface area contributed by atoms with E-state index in [1.807, 2.05) is 18.2 Å². The normalized spacial score (nSPS) is 21.6. The van der Waals surface area contributed by atoms with E-state index in [2.05, 4.69) is 40.3 Å². The highest BCUT2D eigenvalue weighted by Crippen LogP contribution is 2.23. The van der Waals surface area contributed by atoms with Gasteiger partial charge >= 0.3 is 0 Å². The third kappa shape index (κ3) is 8.11. The molecule has 2 fully saturated rings. The van der Waals surface area contributed by atoms with Crippen molar-refractivity contribution in [3.05, 3.63) is 29.3 Å². The molecule has 1 aromatic rings. The second-order valence-electron chi connectivity index (χ2n) is 7.79. The number of ether oxygens (including phenoxy) is 1. The van der Waals surface area contributed by atoms with Crippen LogP contribution in [0.3, 0.4) is 0 Å². The maximum absolute atomic E-state index is 6.14. The second kappa shape index (κ2) is 12.8. The first-order valence-electron chi connectivity index (χ1n) is 10.5. The van der Waals surface area contributed by atoms with Crippen LogP contribution in [0.1, 0.15) is 20.3 Å². The Labute approximate surface area is 197 Å². The fourth-order valence-electron chi connectivity index (χ4n) is 3.83. The maximum Gasteiger partial charge on any atom is 0.191 e. The quantitative estimate of drug-likeness (QED) is 0.319. The maximum atomic E-state index is 6.14. The SMILES string of the molecule is CCNC(=NCC(C)CN1CCOCC1)NC1CCN(c2cccc(Cl)c2)C1.I. The van der Waals surface area contributed by atoms with Crippen molar-refractivity contribution in [1.29, 1.82) is 0 Å². The Balaban J connectivity index is 0.00000300. The summed E-state index contributed by atoms with van der Waals surface area (Å²) in [6, 6.07) is 8.49. The number of rotatable bonds is 7. The predicted molar refractivity (Wildman–Crippen MR) is 133 cm³/mol. The molecular formula is C21H35ClIN5O. The van der Waals surface area contributed by atoms with Crippen molar-refractivity contribution < 1.29 is 4.74 Å². The lowest BCUT2D eigenvalue weighted by atomic mass is 10.1. The number of nitrogens with zero attached hydrogens (tertiary/aromatic N) is 3. The molecule has 2 saturated heterocycles. The van der Waals surface area contributed by atoms with Crippen molar-refractivity contribution in [3.63, 3.8) is 0 Å². The minimum absolute atomic E-state index is 0. The summed E-state index contributed by atoms with van der Waals surface area (Å²) >= 11 is 6.14.